The molecule has 92 valence electrons. The molecule has 0 aliphatic carbocycles. The molecule has 1 aromatic heterocycles. The quantitative estimate of drug-likeness (QED) is 0.808. The van der Waals surface area contributed by atoms with Crippen LogP contribution in [-0.2, 0) is 0 Å². The van der Waals surface area contributed by atoms with Gasteiger partial charge in [0, 0.05) is 57.1 Å². The van der Waals surface area contributed by atoms with Crippen LogP contribution in [0.15, 0.2) is 12.4 Å². The summed E-state index contributed by atoms with van der Waals surface area (Å²) in [6, 6.07) is 2.63. The Hall–Kier alpha value is -1.20. The van der Waals surface area contributed by atoms with Crippen LogP contribution in [0.1, 0.15) is 5.69 Å². The molecule has 0 amide bonds. The van der Waals surface area contributed by atoms with E-state index >= 15 is 0 Å². The summed E-state index contributed by atoms with van der Waals surface area (Å²) in [4.78, 5) is 13.5. The van der Waals surface area contributed by atoms with Gasteiger partial charge in [0.25, 0.3) is 0 Å². The highest BCUT2D eigenvalue weighted by atomic mass is 15.3. The van der Waals surface area contributed by atoms with Gasteiger partial charge in [0.15, 0.2) is 0 Å². The number of aromatic nitrogens is 2. The highest BCUT2D eigenvalue weighted by molar-refractivity contribution is 5.34. The van der Waals surface area contributed by atoms with Gasteiger partial charge in [-0.15, -0.1) is 0 Å². The largest absolute Gasteiger partial charge is 0.368 e. The molecule has 3 aliphatic rings. The molecule has 5 nitrogen and oxygen atoms in total. The van der Waals surface area contributed by atoms with Gasteiger partial charge in [0.1, 0.15) is 12.1 Å². The summed E-state index contributed by atoms with van der Waals surface area (Å²) >= 11 is 0. The molecule has 2 bridgehead atoms. The van der Waals surface area contributed by atoms with Crippen molar-refractivity contribution in [1.82, 2.24) is 19.8 Å². The first-order valence-electron chi connectivity index (χ1n) is 6.30. The number of nitrogens with one attached hydrogen (secondary N) is 1. The predicted octanol–water partition coefficient (Wildman–Crippen LogP) is 0.197. The number of nitrogens with zero attached hydrogens (tertiary/aromatic N) is 4. The highest BCUT2D eigenvalue weighted by Gasteiger charge is 2.31. The topological polar surface area (TPSA) is 44.3 Å². The van der Waals surface area contributed by atoms with Crippen molar-refractivity contribution < 1.29 is 0 Å². The van der Waals surface area contributed by atoms with Gasteiger partial charge < -0.3 is 5.32 Å². The molecular formula is C12H19N5. The van der Waals surface area contributed by atoms with E-state index in [0.717, 1.165) is 18.1 Å². The maximum atomic E-state index is 4.23. The fourth-order valence-corrected chi connectivity index (χ4v) is 2.69. The molecule has 5 heteroatoms. The zero-order valence-electron chi connectivity index (χ0n) is 10.3. The molecule has 3 saturated heterocycles. The van der Waals surface area contributed by atoms with Crippen LogP contribution >= 0.6 is 0 Å². The number of anilines is 1. The van der Waals surface area contributed by atoms with Crippen molar-refractivity contribution in [2.75, 3.05) is 44.6 Å². The second kappa shape index (κ2) is 4.58. The van der Waals surface area contributed by atoms with E-state index in [0.29, 0.717) is 6.04 Å². The third-order valence-electron chi connectivity index (χ3n) is 3.71. The molecule has 3 fully saturated rings. The summed E-state index contributed by atoms with van der Waals surface area (Å²) in [6.07, 6.45) is 1.62. The fourth-order valence-electron chi connectivity index (χ4n) is 2.69. The number of piperazine rings is 3. The van der Waals surface area contributed by atoms with E-state index < -0.39 is 0 Å². The Labute approximate surface area is 102 Å². The van der Waals surface area contributed by atoms with E-state index in [1.54, 1.807) is 6.33 Å². The minimum Gasteiger partial charge on any atom is -0.368 e. The van der Waals surface area contributed by atoms with Gasteiger partial charge in [-0.3, -0.25) is 9.80 Å². The van der Waals surface area contributed by atoms with Crippen LogP contribution in [0.2, 0.25) is 0 Å². The molecule has 17 heavy (non-hydrogen) atoms. The van der Waals surface area contributed by atoms with Crippen LogP contribution in [0.3, 0.4) is 0 Å². The Morgan fingerprint density at radius 1 is 1.29 bits per heavy atom. The van der Waals surface area contributed by atoms with Gasteiger partial charge >= 0.3 is 0 Å². The predicted molar refractivity (Wildman–Crippen MR) is 67.1 cm³/mol. The first-order chi connectivity index (χ1) is 8.31. The summed E-state index contributed by atoms with van der Waals surface area (Å²) in [5.74, 6) is 0.940. The second-order valence-corrected chi connectivity index (χ2v) is 4.92. The van der Waals surface area contributed by atoms with Crippen molar-refractivity contribution in [1.29, 1.82) is 0 Å². The molecule has 0 spiro atoms. The van der Waals surface area contributed by atoms with E-state index in [1.807, 2.05) is 13.0 Å². The highest BCUT2D eigenvalue weighted by Crippen LogP contribution is 2.16. The number of aryl methyl sites for hydroxylation is 1. The number of rotatable bonds is 3. The average molecular weight is 233 g/mol. The fraction of sp³-hybridized carbons (Fsp3) is 0.667. The Morgan fingerprint density at radius 3 is 2.76 bits per heavy atom. The van der Waals surface area contributed by atoms with Crippen molar-refractivity contribution >= 4 is 5.82 Å². The molecule has 1 N–H and O–H groups in total. The number of hydrogen-bond acceptors (Lipinski definition) is 5. The number of hydrogen-bond donors (Lipinski definition) is 1. The van der Waals surface area contributed by atoms with E-state index in [2.05, 4.69) is 25.1 Å². The Kier molecular flexibility index (Phi) is 2.94. The lowest BCUT2D eigenvalue weighted by Crippen LogP contribution is -2.62. The van der Waals surface area contributed by atoms with Gasteiger partial charge in [0.05, 0.1) is 0 Å². The number of fused-ring (bicyclic) bond motifs is 3. The first kappa shape index (κ1) is 10.9. The average Bonchev–Trinajstić information content (AvgIpc) is 2.38. The van der Waals surface area contributed by atoms with E-state index in [1.165, 1.54) is 32.7 Å². The van der Waals surface area contributed by atoms with Gasteiger partial charge in [-0.1, -0.05) is 0 Å². The zero-order chi connectivity index (χ0) is 11.7. The molecular weight excluding hydrogens is 214 g/mol. The van der Waals surface area contributed by atoms with Gasteiger partial charge in [-0.05, 0) is 6.92 Å². The van der Waals surface area contributed by atoms with Crippen LogP contribution in [0.4, 0.5) is 5.82 Å². The maximum absolute atomic E-state index is 4.23. The van der Waals surface area contributed by atoms with Crippen molar-refractivity contribution in [2.24, 2.45) is 0 Å². The molecule has 0 saturated carbocycles. The van der Waals surface area contributed by atoms with Crippen LogP contribution < -0.4 is 5.32 Å². The van der Waals surface area contributed by atoms with Crippen LogP contribution in [0.5, 0.6) is 0 Å². The van der Waals surface area contributed by atoms with Gasteiger partial charge in [-0.25, -0.2) is 9.97 Å². The molecule has 4 heterocycles. The third-order valence-corrected chi connectivity index (χ3v) is 3.71. The van der Waals surface area contributed by atoms with Gasteiger partial charge in [0.2, 0.25) is 0 Å². The van der Waals surface area contributed by atoms with Crippen LogP contribution in [0, 0.1) is 6.92 Å². The van der Waals surface area contributed by atoms with Crippen molar-refractivity contribution in [3.8, 4) is 0 Å². The van der Waals surface area contributed by atoms with Crippen LogP contribution in [0.25, 0.3) is 0 Å². The standard InChI is InChI=1S/C12H19N5/c1-10-6-12(15-9-14-10)13-7-11-8-16-2-4-17(11)5-3-16/h6,9,11H,2-5,7-8H2,1H3,(H,13,14,15). The summed E-state index contributed by atoms with van der Waals surface area (Å²) in [7, 11) is 0. The molecule has 0 radical (unpaired) electrons. The normalized spacial score (nSPS) is 31.5. The van der Waals surface area contributed by atoms with E-state index in [-0.39, 0.29) is 0 Å². The Morgan fingerprint density at radius 2 is 2.12 bits per heavy atom. The van der Waals surface area contributed by atoms with Crippen molar-refractivity contribution in [3.05, 3.63) is 18.1 Å². The van der Waals surface area contributed by atoms with Crippen molar-refractivity contribution in [3.63, 3.8) is 0 Å². The summed E-state index contributed by atoms with van der Waals surface area (Å²) in [6.45, 7) is 9.07. The minimum atomic E-state index is 0.632. The second-order valence-electron chi connectivity index (χ2n) is 4.92. The van der Waals surface area contributed by atoms with E-state index in [4.69, 9.17) is 0 Å². The molecule has 1 aromatic rings. The Balaban J connectivity index is 1.57. The third kappa shape index (κ3) is 2.40. The molecule has 3 aliphatic heterocycles. The summed E-state index contributed by atoms with van der Waals surface area (Å²) in [5.41, 5.74) is 1.01. The van der Waals surface area contributed by atoms with Crippen molar-refractivity contribution in [2.45, 2.75) is 13.0 Å². The smallest absolute Gasteiger partial charge is 0.129 e. The summed E-state index contributed by atoms with van der Waals surface area (Å²) < 4.78 is 0. The SMILES string of the molecule is Cc1cc(NCC2CN3CCN2CC3)ncn1. The lowest BCUT2D eigenvalue weighted by atomic mass is 10.1. The van der Waals surface area contributed by atoms with Crippen LogP contribution in [-0.4, -0.2) is 65.1 Å². The lowest BCUT2D eigenvalue weighted by molar-refractivity contribution is 0.0189. The molecule has 4 rings (SSSR count). The minimum absolute atomic E-state index is 0.632. The lowest BCUT2D eigenvalue weighted by Gasteiger charge is -2.47. The molecule has 1 unspecified atom stereocenters. The van der Waals surface area contributed by atoms with E-state index in [9.17, 15) is 0 Å². The monoisotopic (exact) mass is 233 g/mol. The zero-order valence-corrected chi connectivity index (χ0v) is 10.3. The van der Waals surface area contributed by atoms with Gasteiger partial charge in [-0.2, -0.15) is 0 Å². The molecule has 0 aromatic carbocycles. The first-order valence-corrected chi connectivity index (χ1v) is 6.30. The molecule has 1 atom stereocenters. The Bertz CT molecular complexity index is 386. The summed E-state index contributed by atoms with van der Waals surface area (Å²) in [5, 5.41) is 3.42. The maximum Gasteiger partial charge on any atom is 0.129 e.